The second-order valence-electron chi connectivity index (χ2n) is 2.76. The number of anilines is 1. The molecule has 1 amide bonds. The Bertz CT molecular complexity index is 431. The molecule has 0 unspecified atom stereocenters. The standard InChI is InChI=1S/C8H6F4N2O2/c9-5-4(13)2-1-3(7(14)15)6(5)16-8(10,11)12/h1-2H,13H2,(H2,14,15). The van der Waals surface area contributed by atoms with Crippen LogP contribution >= 0.6 is 0 Å². The first-order chi connectivity index (χ1) is 7.22. The van der Waals surface area contributed by atoms with Crippen LogP contribution in [0.15, 0.2) is 12.1 Å². The largest absolute Gasteiger partial charge is 0.573 e. The normalized spacial score (nSPS) is 11.2. The van der Waals surface area contributed by atoms with E-state index in [1.54, 1.807) is 0 Å². The van der Waals surface area contributed by atoms with Crippen molar-refractivity contribution >= 4 is 11.6 Å². The molecule has 88 valence electrons. The van der Waals surface area contributed by atoms with Crippen LogP contribution in [0, 0.1) is 5.82 Å². The van der Waals surface area contributed by atoms with Crippen LogP contribution in [0.3, 0.4) is 0 Å². The van der Waals surface area contributed by atoms with Gasteiger partial charge in [-0.25, -0.2) is 4.39 Å². The molecule has 0 radical (unpaired) electrons. The number of benzene rings is 1. The monoisotopic (exact) mass is 238 g/mol. The molecule has 0 spiro atoms. The number of carbonyl (C=O) groups excluding carboxylic acids is 1. The van der Waals surface area contributed by atoms with Crippen molar-refractivity contribution in [3.63, 3.8) is 0 Å². The minimum absolute atomic E-state index is 0.579. The average molecular weight is 238 g/mol. The van der Waals surface area contributed by atoms with Crippen molar-refractivity contribution < 1.29 is 27.1 Å². The summed E-state index contributed by atoms with van der Waals surface area (Å²) < 4.78 is 52.3. The van der Waals surface area contributed by atoms with Crippen LogP contribution < -0.4 is 16.2 Å². The van der Waals surface area contributed by atoms with Gasteiger partial charge in [0.05, 0.1) is 11.3 Å². The summed E-state index contributed by atoms with van der Waals surface area (Å²) in [5.74, 6) is -4.05. The number of primary amides is 1. The van der Waals surface area contributed by atoms with E-state index in [1.165, 1.54) is 0 Å². The third kappa shape index (κ3) is 2.53. The number of hydrogen-bond donors (Lipinski definition) is 2. The number of carbonyl (C=O) groups is 1. The smallest absolute Gasteiger partial charge is 0.402 e. The minimum Gasteiger partial charge on any atom is -0.402 e. The maximum atomic E-state index is 13.2. The molecular formula is C8H6F4N2O2. The molecule has 1 rings (SSSR count). The summed E-state index contributed by atoms with van der Waals surface area (Å²) in [5.41, 5.74) is 8.48. The Hall–Kier alpha value is -1.99. The third-order valence-electron chi connectivity index (χ3n) is 1.61. The number of alkyl halides is 3. The van der Waals surface area contributed by atoms with Crippen LogP contribution in [0.25, 0.3) is 0 Å². The first-order valence-corrected chi connectivity index (χ1v) is 3.86. The van der Waals surface area contributed by atoms with Gasteiger partial charge in [-0.15, -0.1) is 13.2 Å². The summed E-state index contributed by atoms with van der Waals surface area (Å²) in [7, 11) is 0. The third-order valence-corrected chi connectivity index (χ3v) is 1.61. The maximum absolute atomic E-state index is 13.2. The molecule has 0 fully saturated rings. The van der Waals surface area contributed by atoms with E-state index in [-0.39, 0.29) is 0 Å². The molecule has 1 aromatic rings. The van der Waals surface area contributed by atoms with E-state index >= 15 is 0 Å². The molecule has 0 saturated heterocycles. The quantitative estimate of drug-likeness (QED) is 0.603. The summed E-state index contributed by atoms with van der Waals surface area (Å²) in [5, 5.41) is 0. The van der Waals surface area contributed by atoms with Gasteiger partial charge < -0.3 is 16.2 Å². The molecule has 0 aromatic heterocycles. The van der Waals surface area contributed by atoms with E-state index in [1.807, 2.05) is 0 Å². The fraction of sp³-hybridized carbons (Fsp3) is 0.125. The van der Waals surface area contributed by atoms with E-state index < -0.39 is 35.1 Å². The number of ether oxygens (including phenoxy) is 1. The molecule has 16 heavy (non-hydrogen) atoms. The van der Waals surface area contributed by atoms with Crippen molar-refractivity contribution in [3.05, 3.63) is 23.5 Å². The highest BCUT2D eigenvalue weighted by Crippen LogP contribution is 2.31. The van der Waals surface area contributed by atoms with Crippen molar-refractivity contribution in [1.29, 1.82) is 0 Å². The molecule has 0 bridgehead atoms. The van der Waals surface area contributed by atoms with Gasteiger partial charge in [-0.2, -0.15) is 0 Å². The molecule has 0 aliphatic heterocycles. The Morgan fingerprint density at radius 2 is 1.88 bits per heavy atom. The molecular weight excluding hydrogens is 232 g/mol. The molecule has 4 nitrogen and oxygen atoms in total. The number of amides is 1. The summed E-state index contributed by atoms with van der Waals surface area (Å²) in [6.07, 6.45) is -5.14. The first-order valence-electron chi connectivity index (χ1n) is 3.86. The second-order valence-corrected chi connectivity index (χ2v) is 2.76. The van der Waals surface area contributed by atoms with Crippen molar-refractivity contribution in [2.24, 2.45) is 5.73 Å². The number of halogens is 4. The first kappa shape index (κ1) is 12.1. The summed E-state index contributed by atoms with van der Waals surface area (Å²) in [6, 6.07) is 1.76. The molecule has 0 atom stereocenters. The van der Waals surface area contributed by atoms with Gasteiger partial charge in [0.2, 0.25) is 0 Å². The lowest BCUT2D eigenvalue weighted by molar-refractivity contribution is -0.275. The van der Waals surface area contributed by atoms with Crippen LogP contribution in [0.1, 0.15) is 10.4 Å². The lowest BCUT2D eigenvalue weighted by Crippen LogP contribution is -2.22. The fourth-order valence-corrected chi connectivity index (χ4v) is 0.981. The van der Waals surface area contributed by atoms with Gasteiger partial charge in [-0.05, 0) is 12.1 Å². The second kappa shape index (κ2) is 3.87. The Kier molecular flexibility index (Phi) is 2.92. The Labute approximate surface area is 86.8 Å². The van der Waals surface area contributed by atoms with Gasteiger partial charge in [0.15, 0.2) is 11.6 Å². The zero-order chi connectivity index (χ0) is 12.5. The van der Waals surface area contributed by atoms with E-state index in [4.69, 9.17) is 11.5 Å². The molecule has 1 aromatic carbocycles. The Morgan fingerprint density at radius 1 is 1.31 bits per heavy atom. The van der Waals surface area contributed by atoms with Gasteiger partial charge in [-0.3, -0.25) is 4.79 Å². The zero-order valence-corrected chi connectivity index (χ0v) is 7.64. The molecule has 4 N–H and O–H groups in total. The lowest BCUT2D eigenvalue weighted by Gasteiger charge is -2.13. The lowest BCUT2D eigenvalue weighted by atomic mass is 10.1. The fourth-order valence-electron chi connectivity index (χ4n) is 0.981. The summed E-state index contributed by atoms with van der Waals surface area (Å²) >= 11 is 0. The van der Waals surface area contributed by atoms with Crippen molar-refractivity contribution in [2.75, 3.05) is 5.73 Å². The number of nitrogens with two attached hydrogens (primary N) is 2. The minimum atomic E-state index is -5.14. The van der Waals surface area contributed by atoms with E-state index in [2.05, 4.69) is 4.74 Å². The Morgan fingerprint density at radius 3 is 2.31 bits per heavy atom. The molecule has 0 aliphatic carbocycles. The SMILES string of the molecule is NC(=O)c1ccc(N)c(F)c1OC(F)(F)F. The predicted octanol–water partition coefficient (Wildman–Crippen LogP) is 1.41. The highest BCUT2D eigenvalue weighted by molar-refractivity contribution is 5.96. The highest BCUT2D eigenvalue weighted by Gasteiger charge is 2.34. The van der Waals surface area contributed by atoms with Gasteiger partial charge in [0.1, 0.15) is 0 Å². The van der Waals surface area contributed by atoms with Gasteiger partial charge >= 0.3 is 6.36 Å². The van der Waals surface area contributed by atoms with E-state index in [9.17, 15) is 22.4 Å². The van der Waals surface area contributed by atoms with Crippen LogP contribution in [0.2, 0.25) is 0 Å². The maximum Gasteiger partial charge on any atom is 0.573 e. The number of rotatable bonds is 2. The van der Waals surface area contributed by atoms with Gasteiger partial charge in [-0.1, -0.05) is 0 Å². The molecule has 0 heterocycles. The highest BCUT2D eigenvalue weighted by atomic mass is 19.4. The van der Waals surface area contributed by atoms with Gasteiger partial charge in [0.25, 0.3) is 5.91 Å². The summed E-state index contributed by atoms with van der Waals surface area (Å²) in [6.45, 7) is 0. The number of nitrogen functional groups attached to an aromatic ring is 1. The van der Waals surface area contributed by atoms with Crippen molar-refractivity contribution in [2.45, 2.75) is 6.36 Å². The number of hydrogen-bond acceptors (Lipinski definition) is 3. The van der Waals surface area contributed by atoms with E-state index in [0.29, 0.717) is 0 Å². The van der Waals surface area contributed by atoms with Crippen LogP contribution in [0.5, 0.6) is 5.75 Å². The van der Waals surface area contributed by atoms with Crippen LogP contribution in [0.4, 0.5) is 23.2 Å². The van der Waals surface area contributed by atoms with E-state index in [0.717, 1.165) is 12.1 Å². The predicted molar refractivity (Wildman–Crippen MR) is 46.0 cm³/mol. The molecule has 0 aliphatic rings. The molecule has 8 heteroatoms. The topological polar surface area (TPSA) is 78.3 Å². The van der Waals surface area contributed by atoms with Crippen LogP contribution in [-0.2, 0) is 0 Å². The average Bonchev–Trinajstić information content (AvgIpc) is 2.10. The van der Waals surface area contributed by atoms with Gasteiger partial charge in [0, 0.05) is 0 Å². The van der Waals surface area contributed by atoms with Crippen molar-refractivity contribution in [1.82, 2.24) is 0 Å². The summed E-state index contributed by atoms with van der Waals surface area (Å²) in [4.78, 5) is 10.7. The molecule has 0 saturated carbocycles. The zero-order valence-electron chi connectivity index (χ0n) is 7.64. The van der Waals surface area contributed by atoms with Crippen molar-refractivity contribution in [3.8, 4) is 5.75 Å². The Balaban J connectivity index is 3.32. The van der Waals surface area contributed by atoms with Crippen LogP contribution in [-0.4, -0.2) is 12.3 Å².